The minimum atomic E-state index is -0.990. The molecule has 2 aromatic rings. The van der Waals surface area contributed by atoms with Crippen molar-refractivity contribution < 1.29 is 19.1 Å². The third kappa shape index (κ3) is 3.99. The van der Waals surface area contributed by atoms with Crippen molar-refractivity contribution in [3.63, 3.8) is 0 Å². The number of para-hydroxylation sites is 1. The predicted octanol–water partition coefficient (Wildman–Crippen LogP) is 2.64. The van der Waals surface area contributed by atoms with Gasteiger partial charge in [-0.1, -0.05) is 23.9 Å². The second-order valence-corrected chi connectivity index (χ2v) is 4.98. The Morgan fingerprint density at radius 2 is 2.20 bits per heavy atom. The highest BCUT2D eigenvalue weighted by atomic mass is 32.2. The molecule has 0 atom stereocenters. The first-order chi connectivity index (χ1) is 9.66. The van der Waals surface area contributed by atoms with Crippen molar-refractivity contribution in [2.24, 2.45) is 0 Å². The summed E-state index contributed by atoms with van der Waals surface area (Å²) in [7, 11) is 0. The van der Waals surface area contributed by atoms with Crippen LogP contribution in [0.5, 0.6) is 5.75 Å². The van der Waals surface area contributed by atoms with E-state index in [2.05, 4.69) is 10.2 Å². The van der Waals surface area contributed by atoms with Crippen LogP contribution in [0, 0.1) is 6.92 Å². The highest BCUT2D eigenvalue weighted by molar-refractivity contribution is 7.99. The molecule has 0 bridgehead atoms. The summed E-state index contributed by atoms with van der Waals surface area (Å²) in [5.41, 5.74) is 0.174. The topological polar surface area (TPSA) is 85.5 Å². The van der Waals surface area contributed by atoms with E-state index in [-0.39, 0.29) is 5.56 Å². The molecule has 0 aliphatic heterocycles. The molecule has 2 rings (SSSR count). The van der Waals surface area contributed by atoms with Gasteiger partial charge >= 0.3 is 5.97 Å². The van der Waals surface area contributed by atoms with Crippen LogP contribution in [-0.4, -0.2) is 33.6 Å². The first-order valence-corrected chi connectivity index (χ1v) is 7.03. The highest BCUT2D eigenvalue weighted by Crippen LogP contribution is 2.19. The molecule has 0 saturated heterocycles. The average Bonchev–Trinajstić information content (AvgIpc) is 2.84. The highest BCUT2D eigenvalue weighted by Gasteiger charge is 2.09. The number of carbonyl (C=O) groups is 1. The Bertz CT molecular complexity index is 585. The second-order valence-electron chi connectivity index (χ2n) is 3.94. The van der Waals surface area contributed by atoms with Gasteiger partial charge in [0.25, 0.3) is 5.22 Å². The van der Waals surface area contributed by atoms with E-state index in [0.717, 1.165) is 12.2 Å². The van der Waals surface area contributed by atoms with Crippen molar-refractivity contribution in [3.8, 4) is 5.75 Å². The Kier molecular flexibility index (Phi) is 5.00. The van der Waals surface area contributed by atoms with Gasteiger partial charge in [-0.15, -0.1) is 10.2 Å². The molecule has 6 nitrogen and oxygen atoms in total. The SMILES string of the molecule is Cc1nnc(SCCCOc2ccccc2C(=O)O)o1. The van der Waals surface area contributed by atoms with Crippen LogP contribution in [0.25, 0.3) is 0 Å². The first kappa shape index (κ1) is 14.4. The van der Waals surface area contributed by atoms with E-state index in [1.807, 2.05) is 0 Å². The lowest BCUT2D eigenvalue weighted by molar-refractivity contribution is 0.0692. The van der Waals surface area contributed by atoms with Crippen molar-refractivity contribution in [2.75, 3.05) is 12.4 Å². The van der Waals surface area contributed by atoms with Crippen LogP contribution in [0.3, 0.4) is 0 Å². The zero-order valence-electron chi connectivity index (χ0n) is 10.9. The number of aryl methyl sites for hydroxylation is 1. The number of carboxylic acids is 1. The summed E-state index contributed by atoms with van der Waals surface area (Å²) < 4.78 is 10.7. The number of aromatic nitrogens is 2. The van der Waals surface area contributed by atoms with Gasteiger partial charge in [0.2, 0.25) is 5.89 Å². The summed E-state index contributed by atoms with van der Waals surface area (Å²) in [5, 5.41) is 17.1. The molecule has 7 heteroatoms. The first-order valence-electron chi connectivity index (χ1n) is 6.05. The van der Waals surface area contributed by atoms with Crippen LogP contribution in [0.15, 0.2) is 33.9 Å². The van der Waals surface area contributed by atoms with Gasteiger partial charge in [0.05, 0.1) is 6.61 Å². The van der Waals surface area contributed by atoms with Gasteiger partial charge in [-0.25, -0.2) is 4.79 Å². The number of thioether (sulfide) groups is 1. The molecule has 20 heavy (non-hydrogen) atoms. The molecule has 0 radical (unpaired) electrons. The van der Waals surface area contributed by atoms with Gasteiger partial charge in [0, 0.05) is 12.7 Å². The Morgan fingerprint density at radius 1 is 1.40 bits per heavy atom. The van der Waals surface area contributed by atoms with Crippen LogP contribution >= 0.6 is 11.8 Å². The molecule has 1 aromatic heterocycles. The van der Waals surface area contributed by atoms with Gasteiger partial charge in [0.15, 0.2) is 0 Å². The molecule has 0 amide bonds. The van der Waals surface area contributed by atoms with Crippen LogP contribution in [0.2, 0.25) is 0 Å². The van der Waals surface area contributed by atoms with Crippen molar-refractivity contribution >= 4 is 17.7 Å². The molecule has 1 heterocycles. The summed E-state index contributed by atoms with van der Waals surface area (Å²) in [6.45, 7) is 2.17. The molecule has 0 spiro atoms. The zero-order chi connectivity index (χ0) is 14.4. The quantitative estimate of drug-likeness (QED) is 0.620. The molecule has 0 saturated carbocycles. The molecule has 1 N–H and O–H groups in total. The summed E-state index contributed by atoms with van der Waals surface area (Å²) in [6.07, 6.45) is 0.750. The maximum absolute atomic E-state index is 11.0. The molecule has 0 unspecified atom stereocenters. The van der Waals surface area contributed by atoms with Crippen molar-refractivity contribution in [1.82, 2.24) is 10.2 Å². The number of rotatable bonds is 7. The monoisotopic (exact) mass is 294 g/mol. The normalized spacial score (nSPS) is 10.4. The fraction of sp³-hybridized carbons (Fsp3) is 0.308. The van der Waals surface area contributed by atoms with Gasteiger partial charge in [-0.2, -0.15) is 0 Å². The minimum Gasteiger partial charge on any atom is -0.493 e. The van der Waals surface area contributed by atoms with Crippen molar-refractivity contribution in [2.45, 2.75) is 18.6 Å². The molecular weight excluding hydrogens is 280 g/mol. The lowest BCUT2D eigenvalue weighted by Gasteiger charge is -2.08. The smallest absolute Gasteiger partial charge is 0.339 e. The number of carboxylic acid groups (broad SMARTS) is 1. The molecule has 1 aromatic carbocycles. The minimum absolute atomic E-state index is 0.174. The largest absolute Gasteiger partial charge is 0.493 e. The third-order valence-corrected chi connectivity index (χ3v) is 3.30. The van der Waals surface area contributed by atoms with Crippen LogP contribution in [0.1, 0.15) is 22.7 Å². The number of hydrogen-bond donors (Lipinski definition) is 1. The fourth-order valence-electron chi connectivity index (χ4n) is 1.51. The fourth-order valence-corrected chi connectivity index (χ4v) is 2.22. The van der Waals surface area contributed by atoms with Gasteiger partial charge in [-0.3, -0.25) is 0 Å². The Morgan fingerprint density at radius 3 is 2.90 bits per heavy atom. The maximum atomic E-state index is 11.0. The molecular formula is C13H14N2O4S. The van der Waals surface area contributed by atoms with Gasteiger partial charge < -0.3 is 14.3 Å². The number of aromatic carboxylic acids is 1. The van der Waals surface area contributed by atoms with Crippen LogP contribution in [-0.2, 0) is 0 Å². The Hall–Kier alpha value is -2.02. The lowest BCUT2D eigenvalue weighted by Crippen LogP contribution is -2.04. The standard InChI is InChI=1S/C13H14N2O4S/c1-9-14-15-13(19-9)20-8-4-7-18-11-6-3-2-5-10(11)12(16)17/h2-3,5-6H,4,7-8H2,1H3,(H,16,17). The molecule has 106 valence electrons. The van der Waals surface area contributed by atoms with E-state index in [1.165, 1.54) is 17.8 Å². The average molecular weight is 294 g/mol. The number of nitrogens with zero attached hydrogens (tertiary/aromatic N) is 2. The number of hydrogen-bond acceptors (Lipinski definition) is 6. The molecule has 0 aliphatic rings. The van der Waals surface area contributed by atoms with E-state index in [9.17, 15) is 4.79 Å². The van der Waals surface area contributed by atoms with E-state index in [4.69, 9.17) is 14.3 Å². The number of ether oxygens (including phenoxy) is 1. The summed E-state index contributed by atoms with van der Waals surface area (Å²) in [5.74, 6) is 0.700. The van der Waals surface area contributed by atoms with E-state index in [0.29, 0.717) is 23.5 Å². The van der Waals surface area contributed by atoms with Gasteiger partial charge in [0.1, 0.15) is 11.3 Å². The summed E-state index contributed by atoms with van der Waals surface area (Å²) in [6, 6.07) is 6.59. The molecule has 0 fully saturated rings. The third-order valence-electron chi connectivity index (χ3n) is 2.40. The predicted molar refractivity (Wildman–Crippen MR) is 73.3 cm³/mol. The summed E-state index contributed by atoms with van der Waals surface area (Å²) >= 11 is 1.45. The van der Waals surface area contributed by atoms with Crippen LogP contribution in [0.4, 0.5) is 0 Å². The van der Waals surface area contributed by atoms with Crippen molar-refractivity contribution in [3.05, 3.63) is 35.7 Å². The van der Waals surface area contributed by atoms with E-state index >= 15 is 0 Å². The van der Waals surface area contributed by atoms with E-state index in [1.54, 1.807) is 25.1 Å². The Labute approximate surface area is 120 Å². The van der Waals surface area contributed by atoms with Crippen LogP contribution < -0.4 is 4.74 Å². The zero-order valence-corrected chi connectivity index (χ0v) is 11.7. The lowest BCUT2D eigenvalue weighted by atomic mass is 10.2. The maximum Gasteiger partial charge on any atom is 0.339 e. The molecule has 0 aliphatic carbocycles. The summed E-state index contributed by atoms with van der Waals surface area (Å²) in [4.78, 5) is 11.0. The van der Waals surface area contributed by atoms with E-state index < -0.39 is 5.97 Å². The van der Waals surface area contributed by atoms with Gasteiger partial charge in [-0.05, 0) is 18.6 Å². The van der Waals surface area contributed by atoms with Crippen molar-refractivity contribution in [1.29, 1.82) is 0 Å². The second kappa shape index (κ2) is 6.95. The Balaban J connectivity index is 1.75. The number of benzene rings is 1.